The van der Waals surface area contributed by atoms with Crippen molar-refractivity contribution in [2.45, 2.75) is 58.4 Å². The number of fused-ring (bicyclic) bond motifs is 5. The van der Waals surface area contributed by atoms with Gasteiger partial charge in [-0.1, -0.05) is 32.1 Å². The van der Waals surface area contributed by atoms with Crippen LogP contribution in [0.4, 0.5) is 11.4 Å². The molecular formula is C26H35N3O2. The van der Waals surface area contributed by atoms with Crippen LogP contribution in [0.1, 0.15) is 52.4 Å². The van der Waals surface area contributed by atoms with Gasteiger partial charge < -0.3 is 16.0 Å². The minimum absolute atomic E-state index is 0.0368. The maximum absolute atomic E-state index is 13.3. The summed E-state index contributed by atoms with van der Waals surface area (Å²) < 4.78 is 0. The average molecular weight is 422 g/mol. The Bertz CT molecular complexity index is 942. The van der Waals surface area contributed by atoms with Gasteiger partial charge >= 0.3 is 0 Å². The van der Waals surface area contributed by atoms with Crippen molar-refractivity contribution in [3.63, 3.8) is 0 Å². The quantitative estimate of drug-likeness (QED) is 0.692. The normalized spacial score (nSPS) is 41.3. The molecule has 31 heavy (non-hydrogen) atoms. The molecule has 3 N–H and O–H groups in total. The number of nitrogens with zero attached hydrogens (tertiary/aromatic N) is 1. The fourth-order valence-corrected chi connectivity index (χ4v) is 8.00. The first-order chi connectivity index (χ1) is 14.8. The van der Waals surface area contributed by atoms with Crippen molar-refractivity contribution in [2.24, 2.45) is 34.5 Å². The van der Waals surface area contributed by atoms with Crippen LogP contribution < -0.4 is 11.1 Å². The highest BCUT2D eigenvalue weighted by Crippen LogP contribution is 2.65. The first kappa shape index (κ1) is 20.6. The average Bonchev–Trinajstić information content (AvgIpc) is 3.10. The molecule has 0 spiro atoms. The molecule has 3 fully saturated rings. The van der Waals surface area contributed by atoms with Gasteiger partial charge in [0.15, 0.2) is 0 Å². The largest absolute Gasteiger partial charge is 0.397 e. The van der Waals surface area contributed by atoms with Crippen LogP contribution in [0.25, 0.3) is 0 Å². The molecule has 5 rings (SSSR count). The lowest BCUT2D eigenvalue weighted by atomic mass is 9.47. The maximum atomic E-state index is 13.3. The topological polar surface area (TPSA) is 75.4 Å². The monoisotopic (exact) mass is 421 g/mol. The van der Waals surface area contributed by atoms with Crippen LogP contribution in [0.15, 0.2) is 36.4 Å². The number of likely N-dealkylation sites (N-methyl/N-ethyl adjacent to an activating group) is 1. The van der Waals surface area contributed by atoms with E-state index in [-0.39, 0.29) is 28.6 Å². The number of nitrogen functional groups attached to an aromatic ring is 1. The molecule has 0 bridgehead atoms. The minimum atomic E-state index is 0.0368. The molecule has 5 heteroatoms. The first-order valence-electron chi connectivity index (χ1n) is 11.9. The lowest BCUT2D eigenvalue weighted by Crippen LogP contribution is -2.59. The summed E-state index contributed by atoms with van der Waals surface area (Å²) in [7, 11) is 1.97. The lowest BCUT2D eigenvalue weighted by molar-refractivity contribution is -0.141. The molecule has 2 unspecified atom stereocenters. The zero-order valence-corrected chi connectivity index (χ0v) is 18.9. The summed E-state index contributed by atoms with van der Waals surface area (Å²) in [6.07, 6.45) is 10.5. The van der Waals surface area contributed by atoms with E-state index in [2.05, 4.69) is 25.2 Å². The number of carbonyl (C=O) groups is 2. The Balaban J connectivity index is 1.38. The summed E-state index contributed by atoms with van der Waals surface area (Å²) in [6.45, 7) is 4.73. The van der Waals surface area contributed by atoms with Crippen molar-refractivity contribution in [3.8, 4) is 0 Å². The number of hydrogen-bond acceptors (Lipinski definition) is 3. The van der Waals surface area contributed by atoms with Gasteiger partial charge in [-0.2, -0.15) is 0 Å². The predicted octanol–water partition coefficient (Wildman–Crippen LogP) is 4.46. The summed E-state index contributed by atoms with van der Waals surface area (Å²) in [5.74, 6) is 2.09. The Morgan fingerprint density at radius 3 is 2.65 bits per heavy atom. The van der Waals surface area contributed by atoms with Crippen molar-refractivity contribution in [1.82, 2.24) is 4.90 Å². The Morgan fingerprint density at radius 1 is 1.10 bits per heavy atom. The molecule has 0 saturated heterocycles. The minimum Gasteiger partial charge on any atom is -0.397 e. The molecule has 0 aromatic heterocycles. The van der Waals surface area contributed by atoms with Crippen LogP contribution in [0, 0.1) is 34.5 Å². The van der Waals surface area contributed by atoms with E-state index in [1.165, 1.54) is 0 Å². The van der Waals surface area contributed by atoms with E-state index in [9.17, 15) is 9.59 Å². The fourth-order valence-electron chi connectivity index (χ4n) is 8.00. The summed E-state index contributed by atoms with van der Waals surface area (Å²) in [5, 5.41) is 3.13. The molecule has 1 aromatic carbocycles. The Hall–Kier alpha value is -2.30. The maximum Gasteiger partial charge on any atom is 0.246 e. The molecular weight excluding hydrogens is 386 g/mol. The third-order valence-corrected chi connectivity index (χ3v) is 9.66. The van der Waals surface area contributed by atoms with Gasteiger partial charge in [0, 0.05) is 24.4 Å². The van der Waals surface area contributed by atoms with Crippen molar-refractivity contribution >= 4 is 23.2 Å². The Morgan fingerprint density at radius 2 is 1.87 bits per heavy atom. The number of carbonyl (C=O) groups excluding carboxylic acids is 2. The zero-order valence-electron chi connectivity index (χ0n) is 18.9. The Kier molecular flexibility index (Phi) is 4.72. The van der Waals surface area contributed by atoms with Gasteiger partial charge in [0.2, 0.25) is 11.8 Å². The molecule has 4 aliphatic rings. The highest BCUT2D eigenvalue weighted by atomic mass is 16.2. The molecule has 0 radical (unpaired) electrons. The molecule has 3 saturated carbocycles. The number of nitrogens with one attached hydrogen (secondary N) is 1. The summed E-state index contributed by atoms with van der Waals surface area (Å²) >= 11 is 0. The van der Waals surface area contributed by atoms with Gasteiger partial charge in [-0.05, 0) is 79.9 Å². The van der Waals surface area contributed by atoms with Crippen molar-refractivity contribution in [1.29, 1.82) is 0 Å². The third-order valence-electron chi connectivity index (χ3n) is 9.66. The summed E-state index contributed by atoms with van der Waals surface area (Å²) in [5.41, 5.74) is 7.50. The number of hydrogen-bond donors (Lipinski definition) is 2. The fraction of sp³-hybridized carbons (Fsp3) is 0.615. The smallest absolute Gasteiger partial charge is 0.246 e. The molecule has 3 aliphatic carbocycles. The van der Waals surface area contributed by atoms with E-state index in [0.29, 0.717) is 29.5 Å². The molecule has 2 amide bonds. The molecule has 1 aromatic rings. The highest BCUT2D eigenvalue weighted by molar-refractivity contribution is 5.96. The van der Waals surface area contributed by atoms with Crippen LogP contribution >= 0.6 is 0 Å². The molecule has 7 atom stereocenters. The standard InChI is InChI=1S/C26H35N3O2/c1-25-14-12-18-16(8-11-22-26(18,2)15-13-23(30)29(22)3)17(25)9-10-19(25)24(31)28-21-7-5-4-6-20(21)27/h4-7,13,15-19,22H,8-12,14,27H2,1-3H3,(H,28,31)/t16?,17-,18?,19+,22+,25-,26+/m0/s1. The van der Waals surface area contributed by atoms with E-state index in [4.69, 9.17) is 5.73 Å². The molecule has 166 valence electrons. The highest BCUT2D eigenvalue weighted by Gasteiger charge is 2.61. The third kappa shape index (κ3) is 2.95. The number of amides is 2. The van der Waals surface area contributed by atoms with Crippen molar-refractivity contribution < 1.29 is 9.59 Å². The summed E-state index contributed by atoms with van der Waals surface area (Å²) in [6, 6.07) is 7.82. The van der Waals surface area contributed by atoms with Crippen LogP contribution in [-0.2, 0) is 9.59 Å². The van der Waals surface area contributed by atoms with Crippen LogP contribution in [0.5, 0.6) is 0 Å². The number of rotatable bonds is 2. The predicted molar refractivity (Wildman–Crippen MR) is 123 cm³/mol. The molecule has 1 aliphatic heterocycles. The van der Waals surface area contributed by atoms with E-state index in [1.54, 1.807) is 6.08 Å². The van der Waals surface area contributed by atoms with Gasteiger partial charge in [-0.3, -0.25) is 9.59 Å². The van der Waals surface area contributed by atoms with Gasteiger partial charge in [0.25, 0.3) is 0 Å². The zero-order chi connectivity index (χ0) is 22.0. The second-order valence-electron chi connectivity index (χ2n) is 10.9. The molecule has 5 nitrogen and oxygen atoms in total. The lowest BCUT2D eigenvalue weighted by Gasteiger charge is -2.60. The number of nitrogens with two attached hydrogens (primary N) is 1. The van der Waals surface area contributed by atoms with Crippen LogP contribution in [0.2, 0.25) is 0 Å². The number of anilines is 2. The van der Waals surface area contributed by atoms with E-state index in [1.807, 2.05) is 36.2 Å². The SMILES string of the molecule is CN1C(=O)C=C[C@]2(C)C3CC[C@]4(C)[C@@H](C(=O)Nc5ccccc5N)CC[C@H]4C3CC[C@@H]12. The number of benzene rings is 1. The van der Waals surface area contributed by atoms with Crippen LogP contribution in [0.3, 0.4) is 0 Å². The first-order valence-corrected chi connectivity index (χ1v) is 11.9. The molecule has 1 heterocycles. The van der Waals surface area contributed by atoms with Gasteiger partial charge in [0.1, 0.15) is 0 Å². The van der Waals surface area contributed by atoms with Crippen LogP contribution in [-0.4, -0.2) is 29.8 Å². The summed E-state index contributed by atoms with van der Waals surface area (Å²) in [4.78, 5) is 27.6. The van der Waals surface area contributed by atoms with Gasteiger partial charge in [-0.15, -0.1) is 0 Å². The van der Waals surface area contributed by atoms with E-state index < -0.39 is 0 Å². The Labute approximate surface area is 185 Å². The van der Waals surface area contributed by atoms with Crippen molar-refractivity contribution in [3.05, 3.63) is 36.4 Å². The number of para-hydroxylation sites is 2. The second kappa shape index (κ2) is 7.11. The van der Waals surface area contributed by atoms with Gasteiger partial charge in [-0.25, -0.2) is 0 Å². The van der Waals surface area contributed by atoms with Crippen molar-refractivity contribution in [2.75, 3.05) is 18.1 Å². The van der Waals surface area contributed by atoms with E-state index >= 15 is 0 Å². The second-order valence-corrected chi connectivity index (χ2v) is 10.9. The van der Waals surface area contributed by atoms with Gasteiger partial charge in [0.05, 0.1) is 11.4 Å². The van der Waals surface area contributed by atoms with E-state index in [0.717, 1.165) is 44.2 Å².